The molecule has 0 spiro atoms. The van der Waals surface area contributed by atoms with Crippen LogP contribution in [0.1, 0.15) is 38.9 Å². The van der Waals surface area contributed by atoms with E-state index in [4.69, 9.17) is 0 Å². The average molecular weight is 239 g/mol. The van der Waals surface area contributed by atoms with Gasteiger partial charge in [-0.05, 0) is 44.0 Å². The molecule has 96 valence electrons. The maximum Gasteiger partial charge on any atom is 0.222 e. The highest BCUT2D eigenvalue weighted by atomic mass is 16.2. The zero-order chi connectivity index (χ0) is 12.7. The topological polar surface area (TPSA) is 63.9 Å². The molecule has 0 N–H and O–H groups in total. The second-order valence-corrected chi connectivity index (χ2v) is 3.97. The summed E-state index contributed by atoms with van der Waals surface area (Å²) in [4.78, 5) is 13.6. The van der Waals surface area contributed by atoms with Gasteiger partial charge in [0.15, 0.2) is 0 Å². The Morgan fingerprint density at radius 1 is 1.29 bits per heavy atom. The lowest BCUT2D eigenvalue weighted by Crippen LogP contribution is -2.30. The fourth-order valence-electron chi connectivity index (χ4n) is 1.73. The van der Waals surface area contributed by atoms with Crippen LogP contribution in [-0.4, -0.2) is 44.1 Å². The maximum absolute atomic E-state index is 11.7. The van der Waals surface area contributed by atoms with Crippen molar-refractivity contribution in [1.29, 1.82) is 0 Å². The summed E-state index contributed by atoms with van der Waals surface area (Å²) in [5.74, 6) is 1.06. The predicted molar refractivity (Wildman–Crippen MR) is 64.3 cm³/mol. The van der Waals surface area contributed by atoms with Gasteiger partial charge in [0.05, 0.1) is 0 Å². The molecule has 0 aromatic carbocycles. The molecule has 0 unspecified atom stereocenters. The van der Waals surface area contributed by atoms with Crippen LogP contribution in [0.2, 0.25) is 0 Å². The van der Waals surface area contributed by atoms with Crippen LogP contribution in [0, 0.1) is 6.92 Å². The average Bonchev–Trinajstić information content (AvgIpc) is 2.72. The van der Waals surface area contributed by atoms with Crippen molar-refractivity contribution in [3.63, 3.8) is 0 Å². The van der Waals surface area contributed by atoms with Gasteiger partial charge in [-0.3, -0.25) is 4.79 Å². The Bertz CT molecular complexity index is 345. The molecule has 1 rings (SSSR count). The minimum Gasteiger partial charge on any atom is -0.343 e. The third-order valence-electron chi connectivity index (χ3n) is 2.84. The van der Waals surface area contributed by atoms with Crippen molar-refractivity contribution in [3.05, 3.63) is 5.82 Å². The number of aromatic nitrogens is 4. The van der Waals surface area contributed by atoms with E-state index in [-0.39, 0.29) is 5.91 Å². The van der Waals surface area contributed by atoms with E-state index < -0.39 is 0 Å². The first-order valence-corrected chi connectivity index (χ1v) is 6.19. The number of carbonyl (C=O) groups excluding carboxylic acids is 1. The molecule has 0 saturated heterocycles. The van der Waals surface area contributed by atoms with Gasteiger partial charge in [0, 0.05) is 26.1 Å². The molecular weight excluding hydrogens is 218 g/mol. The van der Waals surface area contributed by atoms with Crippen LogP contribution in [0.5, 0.6) is 0 Å². The molecule has 0 fully saturated rings. The monoisotopic (exact) mass is 239 g/mol. The summed E-state index contributed by atoms with van der Waals surface area (Å²) in [6.45, 7) is 8.26. The highest BCUT2D eigenvalue weighted by Gasteiger charge is 2.08. The number of unbranched alkanes of at least 4 members (excludes halogenated alkanes) is 1. The van der Waals surface area contributed by atoms with Crippen LogP contribution in [-0.2, 0) is 11.3 Å². The van der Waals surface area contributed by atoms with Crippen molar-refractivity contribution in [2.45, 2.75) is 46.6 Å². The quantitative estimate of drug-likeness (QED) is 0.666. The third-order valence-corrected chi connectivity index (χ3v) is 2.84. The molecule has 6 nitrogen and oxygen atoms in total. The Kier molecular flexibility index (Phi) is 5.59. The SMILES string of the molecule is CCN(CC)C(=O)CCCCn1nnnc1C. The molecule has 6 heteroatoms. The summed E-state index contributed by atoms with van der Waals surface area (Å²) >= 11 is 0. The van der Waals surface area contributed by atoms with Gasteiger partial charge < -0.3 is 4.90 Å². The lowest BCUT2D eigenvalue weighted by atomic mass is 10.2. The second kappa shape index (κ2) is 6.98. The summed E-state index contributed by atoms with van der Waals surface area (Å²) in [6.07, 6.45) is 2.43. The van der Waals surface area contributed by atoms with Gasteiger partial charge in [0.25, 0.3) is 0 Å². The largest absolute Gasteiger partial charge is 0.343 e. The molecule has 0 aliphatic heterocycles. The smallest absolute Gasteiger partial charge is 0.222 e. The van der Waals surface area contributed by atoms with Crippen molar-refractivity contribution in [1.82, 2.24) is 25.1 Å². The van der Waals surface area contributed by atoms with Crippen molar-refractivity contribution >= 4 is 5.91 Å². The van der Waals surface area contributed by atoms with Gasteiger partial charge in [-0.15, -0.1) is 5.10 Å². The normalized spacial score (nSPS) is 10.5. The first-order chi connectivity index (χ1) is 8.19. The Balaban J connectivity index is 2.20. The number of rotatable bonds is 7. The Morgan fingerprint density at radius 3 is 2.53 bits per heavy atom. The lowest BCUT2D eigenvalue weighted by molar-refractivity contribution is -0.130. The van der Waals surface area contributed by atoms with Crippen molar-refractivity contribution < 1.29 is 4.79 Å². The highest BCUT2D eigenvalue weighted by Crippen LogP contribution is 2.03. The summed E-state index contributed by atoms with van der Waals surface area (Å²) in [7, 11) is 0. The molecule has 1 aromatic rings. The minimum absolute atomic E-state index is 0.239. The lowest BCUT2D eigenvalue weighted by Gasteiger charge is -2.18. The second-order valence-electron chi connectivity index (χ2n) is 3.97. The Morgan fingerprint density at radius 2 is 2.00 bits per heavy atom. The fraction of sp³-hybridized carbons (Fsp3) is 0.818. The number of hydrogen-bond acceptors (Lipinski definition) is 4. The van der Waals surface area contributed by atoms with Crippen LogP contribution < -0.4 is 0 Å². The fourth-order valence-corrected chi connectivity index (χ4v) is 1.73. The number of amides is 1. The molecule has 0 atom stereocenters. The van der Waals surface area contributed by atoms with E-state index in [1.165, 1.54) is 0 Å². The number of hydrogen-bond donors (Lipinski definition) is 0. The minimum atomic E-state index is 0.239. The zero-order valence-corrected chi connectivity index (χ0v) is 10.9. The molecule has 0 aliphatic carbocycles. The van der Waals surface area contributed by atoms with Crippen LogP contribution in [0.3, 0.4) is 0 Å². The third kappa shape index (κ3) is 4.13. The molecule has 0 bridgehead atoms. The van der Waals surface area contributed by atoms with E-state index in [2.05, 4.69) is 15.5 Å². The van der Waals surface area contributed by atoms with Crippen LogP contribution in [0.4, 0.5) is 0 Å². The standard InChI is InChI=1S/C11H21N5O/c1-4-15(5-2)11(17)8-6-7-9-16-10(3)12-13-14-16/h4-9H2,1-3H3. The summed E-state index contributed by atoms with van der Waals surface area (Å²) in [5, 5.41) is 11.3. The van der Waals surface area contributed by atoms with E-state index in [9.17, 15) is 4.79 Å². The number of carbonyl (C=O) groups is 1. The van der Waals surface area contributed by atoms with E-state index >= 15 is 0 Å². The summed E-state index contributed by atoms with van der Waals surface area (Å²) < 4.78 is 1.77. The van der Waals surface area contributed by atoms with Gasteiger partial charge in [-0.2, -0.15) is 0 Å². The van der Waals surface area contributed by atoms with Crippen molar-refractivity contribution in [2.75, 3.05) is 13.1 Å². The number of nitrogens with zero attached hydrogens (tertiary/aromatic N) is 5. The van der Waals surface area contributed by atoms with Gasteiger partial charge >= 0.3 is 0 Å². The van der Waals surface area contributed by atoms with Crippen LogP contribution in [0.15, 0.2) is 0 Å². The Hall–Kier alpha value is -1.46. The molecule has 1 heterocycles. The van der Waals surface area contributed by atoms with Crippen LogP contribution in [0.25, 0.3) is 0 Å². The van der Waals surface area contributed by atoms with E-state index in [0.717, 1.165) is 38.3 Å². The first-order valence-electron chi connectivity index (χ1n) is 6.19. The van der Waals surface area contributed by atoms with Gasteiger partial charge in [-0.1, -0.05) is 0 Å². The Labute approximate surface area is 102 Å². The van der Waals surface area contributed by atoms with E-state index in [0.29, 0.717) is 6.42 Å². The zero-order valence-electron chi connectivity index (χ0n) is 10.9. The van der Waals surface area contributed by atoms with Gasteiger partial charge in [-0.25, -0.2) is 4.68 Å². The van der Waals surface area contributed by atoms with Crippen molar-refractivity contribution in [2.24, 2.45) is 0 Å². The molecule has 1 amide bonds. The van der Waals surface area contributed by atoms with E-state index in [1.807, 2.05) is 25.7 Å². The van der Waals surface area contributed by atoms with Gasteiger partial charge in [0.1, 0.15) is 5.82 Å². The van der Waals surface area contributed by atoms with Crippen LogP contribution >= 0.6 is 0 Å². The number of aryl methyl sites for hydroxylation is 2. The molecule has 1 aromatic heterocycles. The van der Waals surface area contributed by atoms with Gasteiger partial charge in [0.2, 0.25) is 5.91 Å². The van der Waals surface area contributed by atoms with E-state index in [1.54, 1.807) is 4.68 Å². The molecule has 0 saturated carbocycles. The van der Waals surface area contributed by atoms with Crippen molar-refractivity contribution in [3.8, 4) is 0 Å². The highest BCUT2D eigenvalue weighted by molar-refractivity contribution is 5.75. The molecular formula is C11H21N5O. The predicted octanol–water partition coefficient (Wildman–Crippen LogP) is 1.02. The molecule has 0 aliphatic rings. The summed E-state index contributed by atoms with van der Waals surface area (Å²) in [6, 6.07) is 0. The maximum atomic E-state index is 11.7. The molecule has 0 radical (unpaired) electrons. The molecule has 17 heavy (non-hydrogen) atoms. The number of tetrazole rings is 1. The first kappa shape index (κ1) is 13.6. The summed E-state index contributed by atoms with van der Waals surface area (Å²) in [5.41, 5.74) is 0.